The maximum Gasteiger partial charge on any atom is 0.414 e. The molecule has 3 aliphatic heterocycles. The van der Waals surface area contributed by atoms with E-state index in [4.69, 9.17) is 9.47 Å². The minimum atomic E-state index is -0.281. The maximum absolute atomic E-state index is 12.9. The van der Waals surface area contributed by atoms with E-state index in [1.165, 1.54) is 0 Å². The van der Waals surface area contributed by atoms with Crippen molar-refractivity contribution >= 4 is 17.7 Å². The normalized spacial score (nSPS) is 24.7. The molecule has 6 heteroatoms. The number of hydrogen-bond donors (Lipinski definition) is 0. The fourth-order valence-electron chi connectivity index (χ4n) is 3.83. The van der Waals surface area contributed by atoms with Gasteiger partial charge >= 0.3 is 6.09 Å². The molecule has 0 aliphatic carbocycles. The number of amides is 2. The van der Waals surface area contributed by atoms with Crippen molar-refractivity contribution in [1.29, 1.82) is 0 Å². The highest BCUT2D eigenvalue weighted by Crippen LogP contribution is 2.32. The zero-order valence-corrected chi connectivity index (χ0v) is 13.6. The fraction of sp³-hybridized carbons (Fsp3) is 0.556. The van der Waals surface area contributed by atoms with Gasteiger partial charge < -0.3 is 14.4 Å². The SMILES string of the molecule is O=C(C1CCOCC1)N1CCC2COC(=O)N2c2ccccc2C1. The predicted octanol–water partition coefficient (Wildman–Crippen LogP) is 2.17. The molecule has 3 aliphatic rings. The molecule has 3 heterocycles. The van der Waals surface area contributed by atoms with E-state index in [9.17, 15) is 9.59 Å². The Morgan fingerprint density at radius 1 is 1.12 bits per heavy atom. The highest BCUT2D eigenvalue weighted by atomic mass is 16.6. The van der Waals surface area contributed by atoms with Gasteiger partial charge in [-0.2, -0.15) is 0 Å². The molecule has 1 aromatic carbocycles. The first-order valence-electron chi connectivity index (χ1n) is 8.64. The van der Waals surface area contributed by atoms with Gasteiger partial charge in [0.15, 0.2) is 0 Å². The molecule has 1 unspecified atom stereocenters. The molecular weight excluding hydrogens is 308 g/mol. The second-order valence-electron chi connectivity index (χ2n) is 6.66. The summed E-state index contributed by atoms with van der Waals surface area (Å²) in [5.74, 6) is 0.273. The number of anilines is 1. The van der Waals surface area contributed by atoms with Crippen LogP contribution in [0.25, 0.3) is 0 Å². The third kappa shape index (κ3) is 2.75. The zero-order chi connectivity index (χ0) is 16.5. The number of cyclic esters (lactones) is 1. The molecule has 4 rings (SSSR count). The van der Waals surface area contributed by atoms with E-state index >= 15 is 0 Å². The summed E-state index contributed by atoms with van der Waals surface area (Å²) in [5.41, 5.74) is 1.87. The van der Waals surface area contributed by atoms with Gasteiger partial charge in [0.1, 0.15) is 6.61 Å². The van der Waals surface area contributed by atoms with E-state index in [-0.39, 0.29) is 24.0 Å². The standard InChI is InChI=1S/C18H22N2O4/c21-17(13-6-9-23-10-7-13)19-8-5-15-12-24-18(22)20(15)16-4-2-1-3-14(16)11-19/h1-4,13,15H,5-12H2. The Kier molecular flexibility index (Phi) is 4.14. The van der Waals surface area contributed by atoms with Gasteiger partial charge in [0.2, 0.25) is 5.91 Å². The van der Waals surface area contributed by atoms with E-state index in [1.807, 2.05) is 29.2 Å². The fourth-order valence-corrected chi connectivity index (χ4v) is 3.83. The van der Waals surface area contributed by atoms with Gasteiger partial charge in [-0.05, 0) is 30.9 Å². The number of hydrogen-bond acceptors (Lipinski definition) is 4. The van der Waals surface area contributed by atoms with Crippen LogP contribution < -0.4 is 4.90 Å². The molecule has 0 N–H and O–H groups in total. The quantitative estimate of drug-likeness (QED) is 0.792. The first kappa shape index (κ1) is 15.4. The second-order valence-corrected chi connectivity index (χ2v) is 6.66. The zero-order valence-electron chi connectivity index (χ0n) is 13.6. The number of benzene rings is 1. The Morgan fingerprint density at radius 2 is 1.92 bits per heavy atom. The lowest BCUT2D eigenvalue weighted by molar-refractivity contribution is -0.139. The van der Waals surface area contributed by atoms with E-state index in [1.54, 1.807) is 4.90 Å². The molecule has 0 spiro atoms. The van der Waals surface area contributed by atoms with E-state index < -0.39 is 0 Å². The molecule has 2 amide bonds. The summed E-state index contributed by atoms with van der Waals surface area (Å²) in [6, 6.07) is 7.82. The number of para-hydroxylation sites is 1. The molecule has 1 atom stereocenters. The predicted molar refractivity (Wildman–Crippen MR) is 87.6 cm³/mol. The third-order valence-corrected chi connectivity index (χ3v) is 5.19. The summed E-state index contributed by atoms with van der Waals surface area (Å²) < 4.78 is 10.6. The molecule has 0 saturated carbocycles. The molecule has 1 aromatic rings. The van der Waals surface area contributed by atoms with Crippen LogP contribution in [0.2, 0.25) is 0 Å². The van der Waals surface area contributed by atoms with Gasteiger partial charge in [0, 0.05) is 32.2 Å². The summed E-state index contributed by atoms with van der Waals surface area (Å²) in [6.45, 7) is 2.93. The lowest BCUT2D eigenvalue weighted by Crippen LogP contribution is -2.44. The van der Waals surface area contributed by atoms with Crippen molar-refractivity contribution in [3.63, 3.8) is 0 Å². The van der Waals surface area contributed by atoms with Crippen LogP contribution in [0, 0.1) is 5.92 Å². The smallest absolute Gasteiger partial charge is 0.414 e. The Hall–Kier alpha value is -2.08. The van der Waals surface area contributed by atoms with E-state index in [0.717, 1.165) is 30.5 Å². The van der Waals surface area contributed by atoms with Crippen LogP contribution in [0.15, 0.2) is 24.3 Å². The molecule has 2 fully saturated rings. The van der Waals surface area contributed by atoms with Crippen LogP contribution in [0.4, 0.5) is 10.5 Å². The van der Waals surface area contributed by atoms with Crippen LogP contribution in [-0.2, 0) is 20.8 Å². The largest absolute Gasteiger partial charge is 0.447 e. The van der Waals surface area contributed by atoms with Gasteiger partial charge in [-0.1, -0.05) is 18.2 Å². The van der Waals surface area contributed by atoms with Gasteiger partial charge in [0.05, 0.1) is 11.7 Å². The van der Waals surface area contributed by atoms with Crippen molar-refractivity contribution in [2.24, 2.45) is 5.92 Å². The Morgan fingerprint density at radius 3 is 2.75 bits per heavy atom. The van der Waals surface area contributed by atoms with Crippen LogP contribution in [0.5, 0.6) is 0 Å². The minimum Gasteiger partial charge on any atom is -0.447 e. The molecule has 24 heavy (non-hydrogen) atoms. The van der Waals surface area contributed by atoms with Gasteiger partial charge in [-0.25, -0.2) is 4.79 Å². The third-order valence-electron chi connectivity index (χ3n) is 5.19. The summed E-state index contributed by atoms with van der Waals surface area (Å²) >= 11 is 0. The second kappa shape index (κ2) is 6.43. The van der Waals surface area contributed by atoms with Gasteiger partial charge in [-0.3, -0.25) is 9.69 Å². The topological polar surface area (TPSA) is 59.1 Å². The highest BCUT2D eigenvalue weighted by Gasteiger charge is 2.38. The molecule has 0 bridgehead atoms. The van der Waals surface area contributed by atoms with Crippen LogP contribution >= 0.6 is 0 Å². The molecule has 0 radical (unpaired) electrons. The summed E-state index contributed by atoms with van der Waals surface area (Å²) in [5, 5.41) is 0. The Labute approximate surface area is 141 Å². The number of fused-ring (bicyclic) bond motifs is 3. The van der Waals surface area contributed by atoms with Crippen LogP contribution in [0.3, 0.4) is 0 Å². The lowest BCUT2D eigenvalue weighted by atomic mass is 9.97. The van der Waals surface area contributed by atoms with Crippen LogP contribution in [-0.4, -0.2) is 49.3 Å². The van der Waals surface area contributed by atoms with Crippen molar-refractivity contribution in [3.05, 3.63) is 29.8 Å². The molecule has 2 saturated heterocycles. The number of ether oxygens (including phenoxy) is 2. The van der Waals surface area contributed by atoms with Crippen molar-refractivity contribution in [2.75, 3.05) is 31.3 Å². The number of carbonyl (C=O) groups excluding carboxylic acids is 2. The Balaban J connectivity index is 1.61. The minimum absolute atomic E-state index is 0.00365. The summed E-state index contributed by atoms with van der Waals surface area (Å²) in [6.07, 6.45) is 2.06. The Bertz CT molecular complexity index is 642. The highest BCUT2D eigenvalue weighted by molar-refractivity contribution is 5.91. The molecule has 0 aromatic heterocycles. The first-order chi connectivity index (χ1) is 11.7. The van der Waals surface area contributed by atoms with Crippen molar-refractivity contribution in [3.8, 4) is 0 Å². The van der Waals surface area contributed by atoms with Gasteiger partial charge in [-0.15, -0.1) is 0 Å². The lowest BCUT2D eigenvalue weighted by Gasteiger charge is -2.34. The molecule has 6 nitrogen and oxygen atoms in total. The van der Waals surface area contributed by atoms with Gasteiger partial charge in [0.25, 0.3) is 0 Å². The average Bonchev–Trinajstić information content (AvgIpc) is 2.97. The maximum atomic E-state index is 12.9. The first-order valence-corrected chi connectivity index (χ1v) is 8.64. The monoisotopic (exact) mass is 330 g/mol. The van der Waals surface area contributed by atoms with Crippen molar-refractivity contribution in [2.45, 2.75) is 31.8 Å². The van der Waals surface area contributed by atoms with Crippen LogP contribution in [0.1, 0.15) is 24.8 Å². The molecular formula is C18H22N2O4. The number of nitrogens with zero attached hydrogens (tertiary/aromatic N) is 2. The number of carbonyl (C=O) groups is 2. The average molecular weight is 330 g/mol. The molecule has 128 valence electrons. The van der Waals surface area contributed by atoms with E-state index in [2.05, 4.69) is 0 Å². The number of rotatable bonds is 1. The van der Waals surface area contributed by atoms with Crippen molar-refractivity contribution in [1.82, 2.24) is 4.90 Å². The van der Waals surface area contributed by atoms with E-state index in [0.29, 0.717) is 32.9 Å². The van der Waals surface area contributed by atoms with Crippen molar-refractivity contribution < 1.29 is 19.1 Å². The summed E-state index contributed by atoms with van der Waals surface area (Å²) in [7, 11) is 0. The summed E-state index contributed by atoms with van der Waals surface area (Å²) in [4.78, 5) is 28.8.